The molecule has 0 aliphatic heterocycles. The first kappa shape index (κ1) is 18.8. The number of rotatable bonds is 7. The molecule has 0 fully saturated rings. The molecule has 0 atom stereocenters. The fourth-order valence-corrected chi connectivity index (χ4v) is 2.52. The summed E-state index contributed by atoms with van der Waals surface area (Å²) in [5.74, 6) is -0.0844. The van der Waals surface area contributed by atoms with Gasteiger partial charge in [0.1, 0.15) is 5.82 Å². The molecule has 0 radical (unpaired) electrons. The number of amides is 1. The summed E-state index contributed by atoms with van der Waals surface area (Å²) < 4.78 is 12.9. The normalized spacial score (nSPS) is 10.4. The molecule has 1 aromatic heterocycles. The summed E-state index contributed by atoms with van der Waals surface area (Å²) in [5, 5.41) is 6.57. The maximum Gasteiger partial charge on any atom is 0.254 e. The molecule has 0 aliphatic carbocycles. The van der Waals surface area contributed by atoms with Crippen LogP contribution < -0.4 is 10.6 Å². The predicted molar refractivity (Wildman–Crippen MR) is 103 cm³/mol. The van der Waals surface area contributed by atoms with Crippen LogP contribution in [0.3, 0.4) is 0 Å². The van der Waals surface area contributed by atoms with Gasteiger partial charge in [-0.1, -0.05) is 35.9 Å². The third kappa shape index (κ3) is 5.76. The van der Waals surface area contributed by atoms with E-state index in [1.807, 2.05) is 24.3 Å². The van der Waals surface area contributed by atoms with Crippen LogP contribution in [0, 0.1) is 5.82 Å². The quantitative estimate of drug-likeness (QED) is 0.649. The summed E-state index contributed by atoms with van der Waals surface area (Å²) in [7, 11) is 0. The second-order valence-electron chi connectivity index (χ2n) is 5.91. The number of anilines is 1. The smallest absolute Gasteiger partial charge is 0.254 e. The van der Waals surface area contributed by atoms with Gasteiger partial charge in [-0.25, -0.2) is 14.4 Å². The monoisotopic (exact) mass is 384 g/mol. The Morgan fingerprint density at radius 1 is 0.963 bits per heavy atom. The van der Waals surface area contributed by atoms with Crippen LogP contribution in [0.2, 0.25) is 5.02 Å². The van der Waals surface area contributed by atoms with Gasteiger partial charge in [-0.2, -0.15) is 0 Å². The fourth-order valence-electron chi connectivity index (χ4n) is 2.39. The summed E-state index contributed by atoms with van der Waals surface area (Å²) in [4.78, 5) is 20.4. The first-order valence-electron chi connectivity index (χ1n) is 8.43. The maximum atomic E-state index is 12.9. The van der Waals surface area contributed by atoms with Crippen molar-refractivity contribution >= 4 is 23.5 Å². The van der Waals surface area contributed by atoms with Crippen LogP contribution >= 0.6 is 11.6 Å². The van der Waals surface area contributed by atoms with Crippen LogP contribution in [0.25, 0.3) is 0 Å². The molecule has 0 saturated heterocycles. The number of benzene rings is 2. The van der Waals surface area contributed by atoms with Crippen LogP contribution in [-0.2, 0) is 13.0 Å². The molecule has 3 aromatic rings. The molecule has 3 rings (SSSR count). The molecule has 1 amide bonds. The van der Waals surface area contributed by atoms with Crippen molar-refractivity contribution < 1.29 is 9.18 Å². The van der Waals surface area contributed by atoms with E-state index in [9.17, 15) is 9.18 Å². The second-order valence-corrected chi connectivity index (χ2v) is 6.34. The lowest BCUT2D eigenvalue weighted by Crippen LogP contribution is -2.26. The van der Waals surface area contributed by atoms with E-state index in [1.165, 1.54) is 24.5 Å². The Balaban J connectivity index is 1.46. The Bertz CT molecular complexity index is 883. The average molecular weight is 385 g/mol. The summed E-state index contributed by atoms with van der Waals surface area (Å²) in [6.45, 7) is 1.00. The highest BCUT2D eigenvalue weighted by Crippen LogP contribution is 2.10. The van der Waals surface area contributed by atoms with Crippen molar-refractivity contribution in [2.45, 2.75) is 13.0 Å². The Morgan fingerprint density at radius 2 is 1.59 bits per heavy atom. The van der Waals surface area contributed by atoms with Crippen LogP contribution in [0.4, 0.5) is 10.3 Å². The first-order valence-corrected chi connectivity index (χ1v) is 8.81. The van der Waals surface area contributed by atoms with Crippen molar-refractivity contribution in [3.05, 3.63) is 88.5 Å². The third-order valence-corrected chi connectivity index (χ3v) is 4.14. The first-order chi connectivity index (χ1) is 13.1. The van der Waals surface area contributed by atoms with Crippen molar-refractivity contribution in [2.75, 3.05) is 11.9 Å². The molecule has 0 bridgehead atoms. The lowest BCUT2D eigenvalue weighted by atomic mass is 10.1. The van der Waals surface area contributed by atoms with Gasteiger partial charge in [0, 0.05) is 30.5 Å². The van der Waals surface area contributed by atoms with Crippen molar-refractivity contribution in [3.63, 3.8) is 0 Å². The number of hydrogen-bond donors (Lipinski definition) is 2. The van der Waals surface area contributed by atoms with Crippen molar-refractivity contribution in [1.29, 1.82) is 0 Å². The fraction of sp³-hybridized carbons (Fsp3) is 0.150. The lowest BCUT2D eigenvalue weighted by molar-refractivity contribution is 0.0953. The molecule has 7 heteroatoms. The highest BCUT2D eigenvalue weighted by Gasteiger charge is 2.07. The molecule has 27 heavy (non-hydrogen) atoms. The molecular formula is C20H18ClFN4O. The molecular weight excluding hydrogens is 367 g/mol. The van der Waals surface area contributed by atoms with Crippen LogP contribution in [0.5, 0.6) is 0 Å². The van der Waals surface area contributed by atoms with E-state index in [0.717, 1.165) is 11.1 Å². The van der Waals surface area contributed by atoms with Gasteiger partial charge in [-0.3, -0.25) is 4.79 Å². The number of halogens is 2. The van der Waals surface area contributed by atoms with Crippen LogP contribution in [-0.4, -0.2) is 22.4 Å². The number of aromatic nitrogens is 2. The van der Waals surface area contributed by atoms with Gasteiger partial charge < -0.3 is 10.6 Å². The number of nitrogens with zero attached hydrogens (tertiary/aromatic N) is 2. The zero-order valence-corrected chi connectivity index (χ0v) is 15.2. The summed E-state index contributed by atoms with van der Waals surface area (Å²) in [6, 6.07) is 13.7. The Hall–Kier alpha value is -2.99. The summed E-state index contributed by atoms with van der Waals surface area (Å²) in [6.07, 6.45) is 3.57. The summed E-state index contributed by atoms with van der Waals surface area (Å²) in [5.41, 5.74) is 2.38. The van der Waals surface area contributed by atoms with Gasteiger partial charge in [-0.15, -0.1) is 0 Å². The number of hydrogen-bond acceptors (Lipinski definition) is 4. The molecule has 2 aromatic carbocycles. The Labute approximate surface area is 161 Å². The van der Waals surface area contributed by atoms with E-state index in [2.05, 4.69) is 20.6 Å². The minimum absolute atomic E-state index is 0.249. The number of nitrogens with one attached hydrogen (secondary N) is 2. The highest BCUT2D eigenvalue weighted by atomic mass is 35.5. The minimum Gasteiger partial charge on any atom is -0.352 e. The van der Waals surface area contributed by atoms with E-state index in [1.54, 1.807) is 12.1 Å². The Morgan fingerprint density at radius 3 is 2.26 bits per heavy atom. The predicted octanol–water partition coefficient (Wildman–Crippen LogP) is 3.85. The molecule has 0 aliphatic rings. The van der Waals surface area contributed by atoms with Crippen molar-refractivity contribution in [1.82, 2.24) is 15.3 Å². The molecule has 2 N–H and O–H groups in total. The minimum atomic E-state index is -0.273. The largest absolute Gasteiger partial charge is 0.352 e. The molecule has 5 nitrogen and oxygen atoms in total. The van der Waals surface area contributed by atoms with Gasteiger partial charge in [0.05, 0.1) is 5.56 Å². The SMILES string of the molecule is O=C(NCCc1ccc(F)cc1)c1cnc(NCc2ccc(Cl)cc2)nc1. The van der Waals surface area contributed by atoms with Gasteiger partial charge >= 0.3 is 0 Å². The van der Waals surface area contributed by atoms with Crippen molar-refractivity contribution in [2.24, 2.45) is 0 Å². The number of carbonyl (C=O) groups is 1. The molecule has 0 unspecified atom stereocenters. The molecule has 0 saturated carbocycles. The van der Waals surface area contributed by atoms with E-state index < -0.39 is 0 Å². The van der Waals surface area contributed by atoms with Gasteiger partial charge in [0.25, 0.3) is 5.91 Å². The maximum absolute atomic E-state index is 12.9. The van der Waals surface area contributed by atoms with E-state index >= 15 is 0 Å². The number of carbonyl (C=O) groups excluding carboxylic acids is 1. The van der Waals surface area contributed by atoms with Gasteiger partial charge in [-0.05, 0) is 41.8 Å². The lowest BCUT2D eigenvalue weighted by Gasteiger charge is -2.07. The topological polar surface area (TPSA) is 66.9 Å². The van der Waals surface area contributed by atoms with Gasteiger partial charge in [0.2, 0.25) is 5.95 Å². The zero-order valence-electron chi connectivity index (χ0n) is 14.5. The zero-order chi connectivity index (χ0) is 19.1. The molecule has 0 spiro atoms. The average Bonchev–Trinajstić information content (AvgIpc) is 2.69. The Kier molecular flexibility index (Phi) is 6.33. The molecule has 1 heterocycles. The van der Waals surface area contributed by atoms with Crippen LogP contribution in [0.1, 0.15) is 21.5 Å². The third-order valence-electron chi connectivity index (χ3n) is 3.89. The standard InChI is InChI=1S/C20H18ClFN4O/c21-17-5-1-15(2-6-17)11-24-20-25-12-16(13-26-20)19(27)23-10-9-14-3-7-18(22)8-4-14/h1-8,12-13H,9-11H2,(H,23,27)(H,24,25,26). The molecule has 138 valence electrons. The van der Waals surface area contributed by atoms with Crippen LogP contribution in [0.15, 0.2) is 60.9 Å². The van der Waals surface area contributed by atoms with E-state index in [4.69, 9.17) is 11.6 Å². The van der Waals surface area contributed by atoms with Gasteiger partial charge in [0.15, 0.2) is 0 Å². The second kappa shape index (κ2) is 9.09. The van der Waals surface area contributed by atoms with Crippen molar-refractivity contribution in [3.8, 4) is 0 Å². The van der Waals surface area contributed by atoms with E-state index in [-0.39, 0.29) is 11.7 Å². The highest BCUT2D eigenvalue weighted by molar-refractivity contribution is 6.30. The van der Waals surface area contributed by atoms with E-state index in [0.29, 0.717) is 36.0 Å². The summed E-state index contributed by atoms with van der Waals surface area (Å²) >= 11 is 5.86.